The number of nitrogens with one attached hydrogen (secondary N) is 1. The number of hydrogen-bond acceptors (Lipinski definition) is 1. The largest absolute Gasteiger partial charge is 0.359 e. The second-order valence-electron chi connectivity index (χ2n) is 7.46. The summed E-state index contributed by atoms with van der Waals surface area (Å²) in [7, 11) is 0. The first-order valence-corrected chi connectivity index (χ1v) is 7.31. The average Bonchev–Trinajstić information content (AvgIpc) is 2.44. The van der Waals surface area contributed by atoms with Gasteiger partial charge in [-0.1, -0.05) is 32.9 Å². The summed E-state index contributed by atoms with van der Waals surface area (Å²) in [4.78, 5) is 2.42. The van der Waals surface area contributed by atoms with E-state index >= 15 is 0 Å². The van der Waals surface area contributed by atoms with Crippen LogP contribution < -0.4 is 5.32 Å². The van der Waals surface area contributed by atoms with E-state index in [9.17, 15) is 0 Å². The molecule has 0 unspecified atom stereocenters. The fourth-order valence-corrected chi connectivity index (χ4v) is 4.31. The molecule has 0 aromatic carbocycles. The SMILES string of the molecule is C=C(C)CNC(=S)N1C[C@]2(C)C[C@H]1CC(C)(C)C2. The maximum atomic E-state index is 5.55. The third-order valence-electron chi connectivity index (χ3n) is 4.22. The summed E-state index contributed by atoms with van der Waals surface area (Å²) in [6.07, 6.45) is 3.87. The molecule has 2 aliphatic rings. The maximum Gasteiger partial charge on any atom is 0.169 e. The van der Waals surface area contributed by atoms with E-state index in [4.69, 9.17) is 12.2 Å². The van der Waals surface area contributed by atoms with Crippen molar-refractivity contribution >= 4 is 17.3 Å². The van der Waals surface area contributed by atoms with E-state index in [0.29, 0.717) is 16.9 Å². The third-order valence-corrected chi connectivity index (χ3v) is 4.60. The lowest BCUT2D eigenvalue weighted by atomic mass is 9.65. The van der Waals surface area contributed by atoms with Gasteiger partial charge in [-0.25, -0.2) is 0 Å². The summed E-state index contributed by atoms with van der Waals surface area (Å²) in [5, 5.41) is 4.26. The molecule has 1 saturated heterocycles. The zero-order chi connectivity index (χ0) is 13.6. The fourth-order valence-electron chi connectivity index (χ4n) is 4.03. The minimum atomic E-state index is 0.446. The first-order chi connectivity index (χ1) is 8.21. The molecule has 102 valence electrons. The van der Waals surface area contributed by atoms with Gasteiger partial charge in [0, 0.05) is 19.1 Å². The van der Waals surface area contributed by atoms with Crippen molar-refractivity contribution < 1.29 is 0 Å². The van der Waals surface area contributed by atoms with E-state index in [1.807, 2.05) is 6.92 Å². The fraction of sp³-hybridized carbons (Fsp3) is 0.800. The molecule has 1 aliphatic heterocycles. The Labute approximate surface area is 117 Å². The summed E-state index contributed by atoms with van der Waals surface area (Å²) in [6.45, 7) is 15.1. The van der Waals surface area contributed by atoms with Crippen molar-refractivity contribution in [3.8, 4) is 0 Å². The van der Waals surface area contributed by atoms with Crippen molar-refractivity contribution in [3.63, 3.8) is 0 Å². The molecular formula is C15H26N2S. The number of thiocarbonyl (C=S) groups is 1. The lowest BCUT2D eigenvalue weighted by Gasteiger charge is -2.39. The Bertz CT molecular complexity index is 375. The molecule has 2 bridgehead atoms. The summed E-state index contributed by atoms with van der Waals surface area (Å²) < 4.78 is 0. The molecule has 0 amide bonds. The quantitative estimate of drug-likeness (QED) is 0.609. The van der Waals surface area contributed by atoms with Crippen LogP contribution in [-0.4, -0.2) is 29.1 Å². The Kier molecular flexibility index (Phi) is 3.48. The van der Waals surface area contributed by atoms with Crippen LogP contribution in [0.5, 0.6) is 0 Å². The van der Waals surface area contributed by atoms with Crippen molar-refractivity contribution in [3.05, 3.63) is 12.2 Å². The minimum absolute atomic E-state index is 0.446. The van der Waals surface area contributed by atoms with Crippen LogP contribution in [-0.2, 0) is 0 Å². The molecule has 1 saturated carbocycles. The average molecular weight is 266 g/mol. The van der Waals surface area contributed by atoms with E-state index in [-0.39, 0.29) is 0 Å². The molecular weight excluding hydrogens is 240 g/mol. The Morgan fingerprint density at radius 3 is 2.67 bits per heavy atom. The molecule has 0 radical (unpaired) electrons. The highest BCUT2D eigenvalue weighted by Gasteiger charge is 2.50. The molecule has 18 heavy (non-hydrogen) atoms. The van der Waals surface area contributed by atoms with Crippen LogP contribution in [0.1, 0.15) is 47.0 Å². The molecule has 3 heteroatoms. The zero-order valence-corrected chi connectivity index (χ0v) is 13.0. The van der Waals surface area contributed by atoms with E-state index < -0.39 is 0 Å². The molecule has 2 rings (SSSR count). The number of hydrogen-bond donors (Lipinski definition) is 1. The van der Waals surface area contributed by atoms with Crippen molar-refractivity contribution in [1.29, 1.82) is 0 Å². The summed E-state index contributed by atoms with van der Waals surface area (Å²) in [5.41, 5.74) is 2.03. The summed E-state index contributed by atoms with van der Waals surface area (Å²) in [5.74, 6) is 0. The van der Waals surface area contributed by atoms with Gasteiger partial charge in [0.1, 0.15) is 0 Å². The smallest absolute Gasteiger partial charge is 0.169 e. The van der Waals surface area contributed by atoms with Gasteiger partial charge in [-0.15, -0.1) is 0 Å². The molecule has 1 heterocycles. The second kappa shape index (κ2) is 4.52. The highest BCUT2D eigenvalue weighted by Crippen LogP contribution is 2.52. The molecule has 2 fully saturated rings. The van der Waals surface area contributed by atoms with Gasteiger partial charge < -0.3 is 10.2 Å². The van der Waals surface area contributed by atoms with Crippen LogP contribution in [0, 0.1) is 10.8 Å². The molecule has 2 nitrogen and oxygen atoms in total. The van der Waals surface area contributed by atoms with E-state index in [2.05, 4.69) is 37.6 Å². The molecule has 0 aromatic heterocycles. The first kappa shape index (κ1) is 13.9. The minimum Gasteiger partial charge on any atom is -0.359 e. The Morgan fingerprint density at radius 2 is 2.06 bits per heavy atom. The zero-order valence-electron chi connectivity index (χ0n) is 12.2. The van der Waals surface area contributed by atoms with Gasteiger partial charge in [-0.3, -0.25) is 0 Å². The highest BCUT2D eigenvalue weighted by atomic mass is 32.1. The van der Waals surface area contributed by atoms with E-state index in [1.54, 1.807) is 0 Å². The van der Waals surface area contributed by atoms with Gasteiger partial charge in [-0.05, 0) is 49.2 Å². The standard InChI is InChI=1S/C15H26N2S/c1-11(2)8-16-13(18)17-10-15(5)7-12(17)6-14(3,4)9-15/h12H,1,6-10H2,2-5H3,(H,16,18)/t12-,15-/m1/s1. The van der Waals surface area contributed by atoms with E-state index in [1.165, 1.54) is 19.3 Å². The Morgan fingerprint density at radius 1 is 1.39 bits per heavy atom. The number of rotatable bonds is 2. The topological polar surface area (TPSA) is 15.3 Å². The van der Waals surface area contributed by atoms with Gasteiger partial charge >= 0.3 is 0 Å². The predicted octanol–water partition coefficient (Wildman–Crippen LogP) is 3.34. The predicted molar refractivity (Wildman–Crippen MR) is 81.6 cm³/mol. The highest BCUT2D eigenvalue weighted by molar-refractivity contribution is 7.80. The van der Waals surface area contributed by atoms with Crippen LogP contribution in [0.15, 0.2) is 12.2 Å². The number of likely N-dealkylation sites (tertiary alicyclic amines) is 1. The van der Waals surface area contributed by atoms with Gasteiger partial charge in [0.15, 0.2) is 5.11 Å². The van der Waals surface area contributed by atoms with Crippen LogP contribution in [0.3, 0.4) is 0 Å². The van der Waals surface area contributed by atoms with Crippen molar-refractivity contribution in [1.82, 2.24) is 10.2 Å². The number of nitrogens with zero attached hydrogens (tertiary/aromatic N) is 1. The number of fused-ring (bicyclic) bond motifs is 2. The molecule has 1 aliphatic carbocycles. The van der Waals surface area contributed by atoms with Crippen molar-refractivity contribution in [2.75, 3.05) is 13.1 Å². The van der Waals surface area contributed by atoms with E-state index in [0.717, 1.165) is 23.8 Å². The van der Waals surface area contributed by atoms with Gasteiger partial charge in [0.05, 0.1) is 0 Å². The van der Waals surface area contributed by atoms with Crippen LogP contribution in [0.25, 0.3) is 0 Å². The lowest BCUT2D eigenvalue weighted by Crippen LogP contribution is -2.43. The van der Waals surface area contributed by atoms with Gasteiger partial charge in [0.2, 0.25) is 0 Å². The molecule has 1 N–H and O–H groups in total. The third kappa shape index (κ3) is 2.87. The van der Waals surface area contributed by atoms with Gasteiger partial charge in [0.25, 0.3) is 0 Å². The van der Waals surface area contributed by atoms with Crippen LogP contribution in [0.4, 0.5) is 0 Å². The van der Waals surface area contributed by atoms with Gasteiger partial charge in [-0.2, -0.15) is 0 Å². The first-order valence-electron chi connectivity index (χ1n) is 6.90. The summed E-state index contributed by atoms with van der Waals surface area (Å²) >= 11 is 5.55. The van der Waals surface area contributed by atoms with Crippen molar-refractivity contribution in [2.45, 2.75) is 53.0 Å². The Hall–Kier alpha value is -0.570. The van der Waals surface area contributed by atoms with Crippen LogP contribution in [0.2, 0.25) is 0 Å². The second-order valence-corrected chi connectivity index (χ2v) is 7.84. The maximum absolute atomic E-state index is 5.55. The molecule has 0 spiro atoms. The molecule has 2 atom stereocenters. The lowest BCUT2D eigenvalue weighted by molar-refractivity contribution is 0.132. The summed E-state index contributed by atoms with van der Waals surface area (Å²) in [6, 6.07) is 0.629. The Balaban J connectivity index is 2.04. The van der Waals surface area contributed by atoms with Crippen molar-refractivity contribution in [2.24, 2.45) is 10.8 Å². The monoisotopic (exact) mass is 266 g/mol. The normalized spacial score (nSPS) is 33.3. The van der Waals surface area contributed by atoms with Crippen LogP contribution >= 0.6 is 12.2 Å². The molecule has 0 aromatic rings.